The Morgan fingerprint density at radius 3 is 2.35 bits per heavy atom. The third kappa shape index (κ3) is 2.38. The molecule has 1 amide bonds. The highest BCUT2D eigenvalue weighted by atomic mass is 35.5. The van der Waals surface area contributed by atoms with Gasteiger partial charge in [-0.3, -0.25) is 14.5 Å². The lowest BCUT2D eigenvalue weighted by molar-refractivity contribution is -0.117. The summed E-state index contributed by atoms with van der Waals surface area (Å²) >= 11 is 15.8. The molecule has 0 aromatic carbocycles. The molecule has 1 aliphatic rings. The molecule has 1 aromatic heterocycles. The van der Waals surface area contributed by atoms with E-state index in [0.29, 0.717) is 19.3 Å². The zero-order chi connectivity index (χ0) is 12.6. The molecule has 1 aliphatic heterocycles. The van der Waals surface area contributed by atoms with Crippen molar-refractivity contribution >= 4 is 54.0 Å². The van der Waals surface area contributed by atoms with Gasteiger partial charge in [0.2, 0.25) is 11.9 Å². The van der Waals surface area contributed by atoms with E-state index >= 15 is 0 Å². The number of hydrogen-bond acceptors (Lipinski definition) is 5. The van der Waals surface area contributed by atoms with Gasteiger partial charge in [0.15, 0.2) is 6.29 Å². The maximum atomic E-state index is 11.6. The zero-order valence-corrected chi connectivity index (χ0v) is 10.8. The number of carbonyl (C=O) groups is 2. The number of nitrogens with zero attached hydrogens (tertiary/aromatic N) is 3. The predicted molar refractivity (Wildman–Crippen MR) is 67.2 cm³/mol. The van der Waals surface area contributed by atoms with E-state index < -0.39 is 0 Å². The summed E-state index contributed by atoms with van der Waals surface area (Å²) in [5.41, 5.74) is 0.0196. The van der Waals surface area contributed by atoms with Gasteiger partial charge in [-0.1, -0.05) is 23.2 Å². The fourth-order valence-corrected chi connectivity index (χ4v) is 2.29. The van der Waals surface area contributed by atoms with Crippen molar-refractivity contribution in [3.63, 3.8) is 0 Å². The van der Waals surface area contributed by atoms with Crippen molar-refractivity contribution in [3.8, 4) is 0 Å². The Kier molecular flexibility index (Phi) is 3.56. The van der Waals surface area contributed by atoms with Crippen molar-refractivity contribution in [1.82, 2.24) is 9.97 Å². The Hall–Kier alpha value is -0.850. The SMILES string of the molecule is O=Cc1c(Cl)nc(N2CC(S)CC2=O)nc1Cl. The van der Waals surface area contributed by atoms with Crippen LogP contribution in [0.2, 0.25) is 10.3 Å². The van der Waals surface area contributed by atoms with E-state index in [1.165, 1.54) is 4.90 Å². The molecule has 8 heteroatoms. The van der Waals surface area contributed by atoms with Crippen LogP contribution in [0.5, 0.6) is 0 Å². The Morgan fingerprint density at radius 2 is 1.94 bits per heavy atom. The third-order valence-electron chi connectivity index (χ3n) is 2.30. The molecule has 0 saturated carbocycles. The largest absolute Gasteiger partial charge is 0.298 e. The molecular weight excluding hydrogens is 285 g/mol. The van der Waals surface area contributed by atoms with Crippen LogP contribution >= 0.6 is 35.8 Å². The molecule has 0 spiro atoms. The van der Waals surface area contributed by atoms with E-state index in [1.54, 1.807) is 0 Å². The molecule has 1 aromatic rings. The fraction of sp³-hybridized carbons (Fsp3) is 0.333. The molecule has 1 unspecified atom stereocenters. The smallest absolute Gasteiger partial charge is 0.235 e. The summed E-state index contributed by atoms with van der Waals surface area (Å²) in [5, 5.41) is -0.190. The van der Waals surface area contributed by atoms with Gasteiger partial charge in [0.05, 0.1) is 5.56 Å². The van der Waals surface area contributed by atoms with Gasteiger partial charge in [0.1, 0.15) is 10.3 Å². The number of anilines is 1. The summed E-state index contributed by atoms with van der Waals surface area (Å²) in [6.45, 7) is 0.398. The molecule has 1 saturated heterocycles. The maximum absolute atomic E-state index is 11.6. The van der Waals surface area contributed by atoms with Crippen LogP contribution in [0.4, 0.5) is 5.95 Å². The second kappa shape index (κ2) is 4.80. The second-order valence-electron chi connectivity index (χ2n) is 3.50. The molecule has 17 heavy (non-hydrogen) atoms. The van der Waals surface area contributed by atoms with Crippen LogP contribution in [-0.4, -0.2) is 34.0 Å². The first-order valence-electron chi connectivity index (χ1n) is 4.69. The molecule has 0 bridgehead atoms. The summed E-state index contributed by atoms with van der Waals surface area (Å²) in [7, 11) is 0. The number of rotatable bonds is 2. The topological polar surface area (TPSA) is 63.2 Å². The van der Waals surface area contributed by atoms with Crippen LogP contribution in [0.3, 0.4) is 0 Å². The summed E-state index contributed by atoms with van der Waals surface area (Å²) in [4.78, 5) is 31.4. The second-order valence-corrected chi connectivity index (χ2v) is 4.95. The number of aromatic nitrogens is 2. The highest BCUT2D eigenvalue weighted by Gasteiger charge is 2.31. The molecule has 2 rings (SSSR count). The number of aldehydes is 1. The number of carbonyl (C=O) groups excluding carboxylic acids is 2. The Morgan fingerprint density at radius 1 is 1.35 bits per heavy atom. The molecule has 90 valence electrons. The van der Waals surface area contributed by atoms with Gasteiger partial charge in [-0.15, -0.1) is 0 Å². The van der Waals surface area contributed by atoms with Gasteiger partial charge in [-0.25, -0.2) is 0 Å². The summed E-state index contributed by atoms with van der Waals surface area (Å²) in [5.74, 6) is -0.0388. The van der Waals surface area contributed by atoms with Crippen LogP contribution in [0.25, 0.3) is 0 Å². The standard InChI is InChI=1S/C9H7Cl2N3O2S/c10-7-5(3-15)8(11)13-9(12-7)14-2-4(17)1-6(14)16/h3-4,17H,1-2H2. The molecule has 2 heterocycles. The van der Waals surface area contributed by atoms with Gasteiger partial charge in [-0.2, -0.15) is 22.6 Å². The van der Waals surface area contributed by atoms with Crippen LogP contribution in [0, 0.1) is 0 Å². The van der Waals surface area contributed by atoms with Gasteiger partial charge >= 0.3 is 0 Å². The van der Waals surface area contributed by atoms with E-state index in [9.17, 15) is 9.59 Å². The first kappa shape index (κ1) is 12.6. The molecule has 1 atom stereocenters. The van der Waals surface area contributed by atoms with Gasteiger partial charge < -0.3 is 0 Å². The fourth-order valence-electron chi connectivity index (χ4n) is 1.51. The maximum Gasteiger partial charge on any atom is 0.235 e. The molecule has 1 fully saturated rings. The summed E-state index contributed by atoms with van der Waals surface area (Å²) in [6, 6.07) is 0. The minimum Gasteiger partial charge on any atom is -0.298 e. The average Bonchev–Trinajstić information content (AvgIpc) is 2.57. The highest BCUT2D eigenvalue weighted by Crippen LogP contribution is 2.26. The van der Waals surface area contributed by atoms with E-state index in [2.05, 4.69) is 22.6 Å². The molecule has 0 aliphatic carbocycles. The molecule has 5 nitrogen and oxygen atoms in total. The third-order valence-corrected chi connectivity index (χ3v) is 3.23. The number of amides is 1. The van der Waals surface area contributed by atoms with Crippen molar-refractivity contribution < 1.29 is 9.59 Å². The van der Waals surface area contributed by atoms with Crippen LogP contribution in [-0.2, 0) is 4.79 Å². The lowest BCUT2D eigenvalue weighted by atomic mass is 10.4. The van der Waals surface area contributed by atoms with Gasteiger partial charge in [0.25, 0.3) is 0 Å². The zero-order valence-electron chi connectivity index (χ0n) is 8.43. The van der Waals surface area contributed by atoms with E-state index in [1.807, 2.05) is 0 Å². The monoisotopic (exact) mass is 291 g/mol. The Bertz CT molecular complexity index is 474. The van der Waals surface area contributed by atoms with Crippen molar-refractivity contribution in [1.29, 1.82) is 0 Å². The van der Waals surface area contributed by atoms with E-state index in [0.717, 1.165) is 0 Å². The first-order valence-corrected chi connectivity index (χ1v) is 5.96. The van der Waals surface area contributed by atoms with E-state index in [4.69, 9.17) is 23.2 Å². The minimum absolute atomic E-state index is 0.0196. The predicted octanol–water partition coefficient (Wildman–Crippen LogP) is 1.63. The van der Waals surface area contributed by atoms with Crippen LogP contribution < -0.4 is 4.90 Å². The van der Waals surface area contributed by atoms with Crippen molar-refractivity contribution in [2.75, 3.05) is 11.4 Å². The van der Waals surface area contributed by atoms with Crippen molar-refractivity contribution in [2.45, 2.75) is 11.7 Å². The quantitative estimate of drug-likeness (QED) is 0.511. The molecule has 0 N–H and O–H groups in total. The van der Waals surface area contributed by atoms with Crippen molar-refractivity contribution in [2.24, 2.45) is 0 Å². The van der Waals surface area contributed by atoms with Gasteiger partial charge in [0, 0.05) is 18.2 Å². The normalized spacial score (nSPS) is 19.8. The van der Waals surface area contributed by atoms with Crippen LogP contribution in [0.1, 0.15) is 16.8 Å². The average molecular weight is 292 g/mol. The number of hydrogen-bond donors (Lipinski definition) is 1. The number of halogens is 2. The van der Waals surface area contributed by atoms with Crippen LogP contribution in [0.15, 0.2) is 0 Å². The van der Waals surface area contributed by atoms with Gasteiger partial charge in [-0.05, 0) is 0 Å². The molecule has 0 radical (unpaired) electrons. The Labute approximate surface area is 113 Å². The van der Waals surface area contributed by atoms with Crippen molar-refractivity contribution in [3.05, 3.63) is 15.9 Å². The lowest BCUT2D eigenvalue weighted by Gasteiger charge is -2.14. The number of thiol groups is 1. The highest BCUT2D eigenvalue weighted by molar-refractivity contribution is 7.81. The van der Waals surface area contributed by atoms with E-state index in [-0.39, 0.29) is 33.0 Å². The molecular formula is C9H7Cl2N3O2S. The minimum atomic E-state index is -0.143. The Balaban J connectivity index is 2.41. The lowest BCUT2D eigenvalue weighted by Crippen LogP contribution is -2.27. The first-order chi connectivity index (χ1) is 8.02. The summed E-state index contributed by atoms with van der Waals surface area (Å²) < 4.78 is 0. The summed E-state index contributed by atoms with van der Waals surface area (Å²) in [6.07, 6.45) is 0.790.